The first-order valence-corrected chi connectivity index (χ1v) is 7.78. The fourth-order valence-electron chi connectivity index (χ4n) is 2.39. The molecule has 114 valence electrons. The number of para-hydroxylation sites is 1. The number of thiazole rings is 1. The molecule has 0 saturated heterocycles. The number of hydrogen-bond donors (Lipinski definition) is 1. The summed E-state index contributed by atoms with van der Waals surface area (Å²) >= 11 is 1.42. The largest absolute Gasteiger partial charge is 0.448 e. The maximum absolute atomic E-state index is 13.7. The normalized spacial score (nSPS) is 11.1. The average Bonchev–Trinajstić information content (AvgIpc) is 3.01. The highest BCUT2D eigenvalue weighted by Crippen LogP contribution is 2.29. The highest BCUT2D eigenvalue weighted by atomic mass is 32.1. The minimum Gasteiger partial charge on any atom is -0.448 e. The fourth-order valence-corrected chi connectivity index (χ4v) is 3.29. The van der Waals surface area contributed by atoms with E-state index in [4.69, 9.17) is 4.42 Å². The molecule has 0 unspecified atom stereocenters. The number of hydrogen-bond acceptors (Lipinski definition) is 4. The maximum atomic E-state index is 13.7. The summed E-state index contributed by atoms with van der Waals surface area (Å²) in [5.74, 6) is -0.770. The Morgan fingerprint density at radius 1 is 1.41 bits per heavy atom. The van der Waals surface area contributed by atoms with Gasteiger partial charge in [0.05, 0.1) is 5.69 Å². The number of rotatable bonds is 3. The first-order chi connectivity index (χ1) is 10.5. The number of nitrogens with one attached hydrogen (secondary N) is 1. The molecule has 0 saturated carbocycles. The molecule has 0 fully saturated rings. The molecule has 1 amide bonds. The van der Waals surface area contributed by atoms with E-state index in [9.17, 15) is 9.18 Å². The Balaban J connectivity index is 1.95. The predicted octanol–water partition coefficient (Wildman–Crippen LogP) is 4.46. The Morgan fingerprint density at radius 2 is 2.18 bits per heavy atom. The molecule has 0 aliphatic rings. The summed E-state index contributed by atoms with van der Waals surface area (Å²) in [6.07, 6.45) is 0.813. The van der Waals surface area contributed by atoms with Gasteiger partial charge in [0, 0.05) is 15.8 Å². The van der Waals surface area contributed by atoms with Gasteiger partial charge in [0.1, 0.15) is 0 Å². The van der Waals surface area contributed by atoms with E-state index in [2.05, 4.69) is 10.3 Å². The van der Waals surface area contributed by atoms with Crippen LogP contribution in [0.2, 0.25) is 0 Å². The third kappa shape index (κ3) is 2.39. The van der Waals surface area contributed by atoms with E-state index in [1.165, 1.54) is 17.4 Å². The van der Waals surface area contributed by atoms with Crippen molar-refractivity contribution in [2.24, 2.45) is 0 Å². The molecule has 6 heteroatoms. The zero-order valence-electron chi connectivity index (χ0n) is 12.5. The zero-order valence-corrected chi connectivity index (χ0v) is 13.3. The van der Waals surface area contributed by atoms with Gasteiger partial charge in [-0.25, -0.2) is 9.37 Å². The molecule has 0 atom stereocenters. The molecule has 1 aromatic carbocycles. The van der Waals surface area contributed by atoms with Crippen LogP contribution < -0.4 is 5.32 Å². The number of fused-ring (bicyclic) bond motifs is 1. The maximum Gasteiger partial charge on any atom is 0.293 e. The number of carbonyl (C=O) groups is 1. The lowest BCUT2D eigenvalue weighted by molar-refractivity contribution is 0.0997. The lowest BCUT2D eigenvalue weighted by atomic mass is 10.1. The summed E-state index contributed by atoms with van der Waals surface area (Å²) in [7, 11) is 0. The van der Waals surface area contributed by atoms with E-state index >= 15 is 0 Å². The van der Waals surface area contributed by atoms with Crippen LogP contribution in [-0.2, 0) is 6.42 Å². The molecule has 0 aliphatic heterocycles. The molecule has 3 aromatic rings. The van der Waals surface area contributed by atoms with Crippen LogP contribution in [-0.4, -0.2) is 10.9 Å². The molecule has 2 aromatic heterocycles. The van der Waals surface area contributed by atoms with Crippen molar-refractivity contribution in [1.29, 1.82) is 0 Å². The number of carbonyl (C=O) groups excluding carboxylic acids is 1. The second kappa shape index (κ2) is 5.53. The van der Waals surface area contributed by atoms with Crippen LogP contribution in [0.15, 0.2) is 22.6 Å². The fraction of sp³-hybridized carbons (Fsp3) is 0.250. The third-order valence-electron chi connectivity index (χ3n) is 3.57. The number of amides is 1. The number of benzene rings is 1. The Labute approximate surface area is 131 Å². The smallest absolute Gasteiger partial charge is 0.293 e. The summed E-state index contributed by atoms with van der Waals surface area (Å²) in [4.78, 5) is 17.8. The first kappa shape index (κ1) is 14.7. The molecule has 0 spiro atoms. The highest BCUT2D eigenvalue weighted by molar-refractivity contribution is 7.15. The Hall–Kier alpha value is -2.21. The molecule has 0 aliphatic carbocycles. The van der Waals surface area contributed by atoms with Crippen LogP contribution in [0.3, 0.4) is 0 Å². The van der Waals surface area contributed by atoms with E-state index in [1.807, 2.05) is 13.8 Å². The van der Waals surface area contributed by atoms with Gasteiger partial charge < -0.3 is 4.42 Å². The van der Waals surface area contributed by atoms with E-state index < -0.39 is 11.7 Å². The van der Waals surface area contributed by atoms with Crippen molar-refractivity contribution in [3.8, 4) is 0 Å². The van der Waals surface area contributed by atoms with Gasteiger partial charge in [-0.05, 0) is 26.3 Å². The van der Waals surface area contributed by atoms with Crippen molar-refractivity contribution in [2.75, 3.05) is 5.32 Å². The number of halogens is 1. The molecule has 4 nitrogen and oxygen atoms in total. The molecule has 0 radical (unpaired) electrons. The summed E-state index contributed by atoms with van der Waals surface area (Å²) in [6, 6.07) is 4.64. The van der Waals surface area contributed by atoms with Crippen molar-refractivity contribution in [1.82, 2.24) is 4.98 Å². The van der Waals surface area contributed by atoms with Crippen molar-refractivity contribution in [3.63, 3.8) is 0 Å². The number of furan rings is 1. The monoisotopic (exact) mass is 318 g/mol. The SMILES string of the molecule is CCc1nc(NC(=O)c2oc3c(F)cccc3c2C)sc1C. The number of aromatic nitrogens is 1. The lowest BCUT2D eigenvalue weighted by Crippen LogP contribution is -2.11. The van der Waals surface area contributed by atoms with E-state index in [-0.39, 0.29) is 11.3 Å². The van der Waals surface area contributed by atoms with Gasteiger partial charge in [0.15, 0.2) is 22.3 Å². The minimum absolute atomic E-state index is 0.106. The Kier molecular flexibility index (Phi) is 3.70. The van der Waals surface area contributed by atoms with Gasteiger partial charge in [-0.1, -0.05) is 19.1 Å². The van der Waals surface area contributed by atoms with Crippen molar-refractivity contribution in [3.05, 3.63) is 45.9 Å². The van der Waals surface area contributed by atoms with Crippen molar-refractivity contribution >= 4 is 33.3 Å². The van der Waals surface area contributed by atoms with Crippen molar-refractivity contribution in [2.45, 2.75) is 27.2 Å². The van der Waals surface area contributed by atoms with Crippen LogP contribution >= 0.6 is 11.3 Å². The zero-order chi connectivity index (χ0) is 15.9. The summed E-state index contributed by atoms with van der Waals surface area (Å²) in [6.45, 7) is 5.72. The average molecular weight is 318 g/mol. The Bertz CT molecular complexity index is 867. The number of aryl methyl sites for hydroxylation is 3. The number of nitrogens with zero attached hydrogens (tertiary/aromatic N) is 1. The third-order valence-corrected chi connectivity index (χ3v) is 4.50. The quantitative estimate of drug-likeness (QED) is 0.775. The predicted molar refractivity (Wildman–Crippen MR) is 85.1 cm³/mol. The van der Waals surface area contributed by atoms with E-state index in [1.54, 1.807) is 19.1 Å². The topological polar surface area (TPSA) is 55.1 Å². The summed E-state index contributed by atoms with van der Waals surface area (Å²) in [5.41, 5.74) is 1.69. The molecular weight excluding hydrogens is 303 g/mol. The second-order valence-electron chi connectivity index (χ2n) is 5.00. The highest BCUT2D eigenvalue weighted by Gasteiger charge is 2.20. The molecule has 0 bridgehead atoms. The molecule has 3 rings (SSSR count). The van der Waals surface area contributed by atoms with Crippen LogP contribution in [0.1, 0.15) is 33.6 Å². The van der Waals surface area contributed by atoms with Gasteiger partial charge in [0.25, 0.3) is 5.91 Å². The molecule has 22 heavy (non-hydrogen) atoms. The summed E-state index contributed by atoms with van der Waals surface area (Å²) < 4.78 is 19.2. The van der Waals surface area contributed by atoms with Crippen LogP contribution in [0.5, 0.6) is 0 Å². The van der Waals surface area contributed by atoms with Crippen LogP contribution in [0, 0.1) is 19.7 Å². The molecular formula is C16H15FN2O2S. The minimum atomic E-state index is -0.474. The van der Waals surface area contributed by atoms with Gasteiger partial charge in [-0.15, -0.1) is 11.3 Å². The summed E-state index contributed by atoms with van der Waals surface area (Å²) in [5, 5.41) is 3.86. The van der Waals surface area contributed by atoms with Crippen LogP contribution in [0.4, 0.5) is 9.52 Å². The Morgan fingerprint density at radius 3 is 2.82 bits per heavy atom. The molecule has 2 heterocycles. The standard InChI is InChI=1S/C16H15FN2O2S/c1-4-12-9(3)22-16(18-12)19-15(20)13-8(2)10-6-5-7-11(17)14(10)21-13/h5-7H,4H2,1-3H3,(H,18,19,20). The van der Waals surface area contributed by atoms with Gasteiger partial charge in [-0.2, -0.15) is 0 Å². The van der Waals surface area contributed by atoms with Gasteiger partial charge in [0.2, 0.25) is 0 Å². The van der Waals surface area contributed by atoms with Gasteiger partial charge >= 0.3 is 0 Å². The second-order valence-corrected chi connectivity index (χ2v) is 6.21. The first-order valence-electron chi connectivity index (χ1n) is 6.96. The van der Waals surface area contributed by atoms with E-state index in [0.29, 0.717) is 16.1 Å². The van der Waals surface area contributed by atoms with Crippen LogP contribution in [0.25, 0.3) is 11.0 Å². The number of anilines is 1. The van der Waals surface area contributed by atoms with Crippen molar-refractivity contribution < 1.29 is 13.6 Å². The van der Waals surface area contributed by atoms with E-state index in [0.717, 1.165) is 17.0 Å². The molecule has 1 N–H and O–H groups in total. The lowest BCUT2D eigenvalue weighted by Gasteiger charge is -1.99. The van der Waals surface area contributed by atoms with Gasteiger partial charge in [-0.3, -0.25) is 10.1 Å².